The van der Waals surface area contributed by atoms with Gasteiger partial charge in [-0.25, -0.2) is 0 Å². The predicted octanol–water partition coefficient (Wildman–Crippen LogP) is 17.1. The third kappa shape index (κ3) is 9.09. The van der Waals surface area contributed by atoms with Gasteiger partial charge in [0.25, 0.3) is 0 Å². The van der Waals surface area contributed by atoms with Crippen molar-refractivity contribution in [2.75, 3.05) is 9.80 Å². The summed E-state index contributed by atoms with van der Waals surface area (Å²) in [5.74, 6) is 0. The predicted molar refractivity (Wildman–Crippen MR) is 295 cm³/mol. The molecule has 0 bridgehead atoms. The maximum Gasteiger partial charge on any atom is 0.0775 e. The highest BCUT2D eigenvalue weighted by Gasteiger charge is 2.25. The van der Waals surface area contributed by atoms with E-state index in [4.69, 9.17) is 0 Å². The van der Waals surface area contributed by atoms with Crippen LogP contribution >= 0.6 is 0 Å². The Morgan fingerprint density at radius 2 is 0.667 bits per heavy atom. The second-order valence-corrected chi connectivity index (χ2v) is 30.4. The molecule has 0 aromatic heterocycles. The van der Waals surface area contributed by atoms with Gasteiger partial charge in [0.1, 0.15) is 0 Å². The summed E-state index contributed by atoms with van der Waals surface area (Å²) in [5, 5.41) is 5.31. The van der Waals surface area contributed by atoms with E-state index in [0.29, 0.717) is 0 Å². The molecule has 0 N–H and O–H groups in total. The number of nitrogens with zero attached hydrogens (tertiary/aromatic N) is 2. The van der Waals surface area contributed by atoms with Gasteiger partial charge in [0.2, 0.25) is 0 Å². The molecule has 0 radical (unpaired) electrons. The molecule has 0 aliphatic carbocycles. The Labute approximate surface area is 395 Å². The summed E-state index contributed by atoms with van der Waals surface area (Å²) in [6.07, 6.45) is 0. The van der Waals surface area contributed by atoms with Crippen LogP contribution in [-0.2, 0) is 0 Å². The molecular formula is C62H62N2Si2. The van der Waals surface area contributed by atoms with E-state index < -0.39 is 16.1 Å². The monoisotopic (exact) mass is 890 g/mol. The Morgan fingerprint density at radius 3 is 1.11 bits per heavy atom. The Morgan fingerprint density at radius 1 is 0.303 bits per heavy atom. The lowest BCUT2D eigenvalue weighted by molar-refractivity contribution is 1.28. The SMILES string of the molecule is Cc1ccc(-c2cc(N(c3ccc(C)cc3)c3ccc([Si](C)(C)C)cc3)ccc2-c2c(-c3ccc(C)cc3)cc(N(c3ccc(C)cc3)c3ccc([Si](C)(C)C)cc3)c3ccccc23)cc1. The highest BCUT2D eigenvalue weighted by molar-refractivity contribution is 6.89. The lowest BCUT2D eigenvalue weighted by Gasteiger charge is -2.30. The van der Waals surface area contributed by atoms with Crippen molar-refractivity contribution in [2.45, 2.75) is 67.0 Å². The van der Waals surface area contributed by atoms with Crippen molar-refractivity contribution in [3.05, 3.63) is 216 Å². The zero-order chi connectivity index (χ0) is 46.3. The summed E-state index contributed by atoms with van der Waals surface area (Å²) in [4.78, 5) is 4.89. The topological polar surface area (TPSA) is 6.48 Å². The zero-order valence-electron chi connectivity index (χ0n) is 40.4. The third-order valence-corrected chi connectivity index (χ3v) is 17.2. The molecule has 9 aromatic carbocycles. The van der Waals surface area contributed by atoms with Crippen LogP contribution in [0.3, 0.4) is 0 Å². The Hall–Kier alpha value is -6.73. The first-order chi connectivity index (χ1) is 31.6. The highest BCUT2D eigenvalue weighted by Crippen LogP contribution is 2.50. The smallest absolute Gasteiger partial charge is 0.0775 e. The van der Waals surface area contributed by atoms with E-state index in [1.54, 1.807) is 0 Å². The van der Waals surface area contributed by atoms with Crippen molar-refractivity contribution < 1.29 is 0 Å². The first-order valence-corrected chi connectivity index (χ1v) is 30.4. The summed E-state index contributed by atoms with van der Waals surface area (Å²) in [6.45, 7) is 23.2. The Kier molecular flexibility index (Phi) is 12.1. The lowest BCUT2D eigenvalue weighted by Crippen LogP contribution is -2.37. The molecule has 9 aromatic rings. The van der Waals surface area contributed by atoms with Gasteiger partial charge in [0.05, 0.1) is 21.8 Å². The van der Waals surface area contributed by atoms with Crippen LogP contribution in [0.2, 0.25) is 39.3 Å². The summed E-state index contributed by atoms with van der Waals surface area (Å²) >= 11 is 0. The molecule has 0 atom stereocenters. The number of fused-ring (bicyclic) bond motifs is 1. The average Bonchev–Trinajstić information content (AvgIpc) is 3.31. The molecule has 4 heteroatoms. The Bertz CT molecular complexity index is 3140. The van der Waals surface area contributed by atoms with Crippen LogP contribution in [0.15, 0.2) is 194 Å². The first kappa shape index (κ1) is 44.5. The van der Waals surface area contributed by atoms with Crippen molar-refractivity contribution in [2.24, 2.45) is 0 Å². The molecule has 0 fully saturated rings. The van der Waals surface area contributed by atoms with Crippen LogP contribution in [0.25, 0.3) is 44.2 Å². The van der Waals surface area contributed by atoms with Crippen LogP contribution < -0.4 is 20.2 Å². The van der Waals surface area contributed by atoms with E-state index in [9.17, 15) is 0 Å². The molecule has 2 nitrogen and oxygen atoms in total. The summed E-state index contributed by atoms with van der Waals surface area (Å²) in [7, 11) is -3.02. The van der Waals surface area contributed by atoms with E-state index in [-0.39, 0.29) is 0 Å². The number of benzene rings is 9. The average molecular weight is 891 g/mol. The minimum atomic E-state index is -1.52. The van der Waals surface area contributed by atoms with Gasteiger partial charge >= 0.3 is 0 Å². The van der Waals surface area contributed by atoms with Gasteiger partial charge in [-0.1, -0.05) is 199 Å². The summed E-state index contributed by atoms with van der Waals surface area (Å²) in [5.41, 5.74) is 18.9. The fourth-order valence-electron chi connectivity index (χ4n) is 9.14. The van der Waals surface area contributed by atoms with Gasteiger partial charge in [-0.3, -0.25) is 0 Å². The number of anilines is 6. The number of aryl methyl sites for hydroxylation is 4. The molecule has 0 heterocycles. The molecule has 0 spiro atoms. The second kappa shape index (κ2) is 17.9. The molecule has 328 valence electrons. The molecule has 0 saturated heterocycles. The number of hydrogen-bond donors (Lipinski definition) is 0. The normalized spacial score (nSPS) is 11.8. The second-order valence-electron chi connectivity index (χ2n) is 20.3. The first-order valence-electron chi connectivity index (χ1n) is 23.4. The largest absolute Gasteiger partial charge is 0.310 e. The van der Waals surface area contributed by atoms with Crippen molar-refractivity contribution in [3.63, 3.8) is 0 Å². The lowest BCUT2D eigenvalue weighted by atomic mass is 9.84. The van der Waals surface area contributed by atoms with Crippen LogP contribution in [0.5, 0.6) is 0 Å². The maximum absolute atomic E-state index is 2.47. The fourth-order valence-corrected chi connectivity index (χ4v) is 11.5. The standard InChI is InChI=1S/C62H62N2Si2/c1-43-15-23-47(24-16-43)59-41-53(63(49-27-19-45(3)20-28-49)50-31-36-54(37-32-50)65(5,6)7)35-40-58(59)62-57-14-12-11-13-56(57)61(42-60(62)48-25-17-44(2)18-26-48)64(51-29-21-46(4)22-30-51)52-33-38-55(39-34-52)66(8,9)10/h11-42H,1-10H3. The molecule has 0 aliphatic rings. The van der Waals surface area contributed by atoms with Crippen molar-refractivity contribution in [1.82, 2.24) is 0 Å². The molecular weight excluding hydrogens is 829 g/mol. The quantitative estimate of drug-likeness (QED) is 0.119. The third-order valence-electron chi connectivity index (χ3n) is 13.1. The van der Waals surface area contributed by atoms with Crippen LogP contribution in [0.4, 0.5) is 34.1 Å². The van der Waals surface area contributed by atoms with Gasteiger partial charge < -0.3 is 9.80 Å². The molecule has 0 aliphatic heterocycles. The molecule has 0 unspecified atom stereocenters. The van der Waals surface area contributed by atoms with E-state index in [0.717, 1.165) is 34.1 Å². The van der Waals surface area contributed by atoms with Gasteiger partial charge in [-0.15, -0.1) is 0 Å². The number of hydrogen-bond acceptors (Lipinski definition) is 2. The summed E-state index contributed by atoms with van der Waals surface area (Å²) < 4.78 is 0. The zero-order valence-corrected chi connectivity index (χ0v) is 42.4. The van der Waals surface area contributed by atoms with Gasteiger partial charge in [-0.2, -0.15) is 0 Å². The summed E-state index contributed by atoms with van der Waals surface area (Å²) in [6, 6.07) is 73.4. The van der Waals surface area contributed by atoms with Crippen molar-refractivity contribution in [3.8, 4) is 33.4 Å². The van der Waals surface area contributed by atoms with Gasteiger partial charge in [0.15, 0.2) is 0 Å². The van der Waals surface area contributed by atoms with Crippen molar-refractivity contribution in [1.29, 1.82) is 0 Å². The molecule has 66 heavy (non-hydrogen) atoms. The van der Waals surface area contributed by atoms with Crippen molar-refractivity contribution >= 4 is 71.4 Å². The van der Waals surface area contributed by atoms with E-state index in [1.807, 2.05) is 0 Å². The Balaban J connectivity index is 1.33. The van der Waals surface area contributed by atoms with Gasteiger partial charge in [0, 0.05) is 33.8 Å². The van der Waals surface area contributed by atoms with E-state index >= 15 is 0 Å². The van der Waals surface area contributed by atoms with E-state index in [1.165, 1.54) is 76.8 Å². The number of rotatable bonds is 11. The highest BCUT2D eigenvalue weighted by atomic mass is 28.3. The van der Waals surface area contributed by atoms with Crippen LogP contribution in [0.1, 0.15) is 22.3 Å². The van der Waals surface area contributed by atoms with E-state index in [2.05, 4.69) is 271 Å². The van der Waals surface area contributed by atoms with Crippen LogP contribution in [-0.4, -0.2) is 16.1 Å². The maximum atomic E-state index is 2.47. The van der Waals surface area contributed by atoms with Crippen LogP contribution in [0, 0.1) is 27.7 Å². The minimum absolute atomic E-state index is 1.11. The minimum Gasteiger partial charge on any atom is -0.310 e. The fraction of sp³-hybridized carbons (Fsp3) is 0.161. The molecule has 0 amide bonds. The van der Waals surface area contributed by atoms with Gasteiger partial charge in [-0.05, 0) is 133 Å². The molecule has 0 saturated carbocycles. The molecule has 9 rings (SSSR count).